The van der Waals surface area contributed by atoms with Gasteiger partial charge in [0.1, 0.15) is 0 Å². The van der Waals surface area contributed by atoms with Gasteiger partial charge in [0, 0.05) is 44.5 Å². The molecule has 2 aromatic rings. The third-order valence-electron chi connectivity index (χ3n) is 4.58. The largest absolute Gasteiger partial charge is 0.357 e. The van der Waals surface area contributed by atoms with Crippen LogP contribution in [0.15, 0.2) is 47.6 Å². The number of halogens is 2. The number of carbonyl (C=O) groups excluding carboxylic acids is 1. The molecule has 1 saturated heterocycles. The lowest BCUT2D eigenvalue weighted by molar-refractivity contribution is -0.114. The predicted molar refractivity (Wildman–Crippen MR) is 129 cm³/mol. The van der Waals surface area contributed by atoms with Gasteiger partial charge in [-0.2, -0.15) is 0 Å². The number of amides is 1. The number of guanidine groups is 1. The predicted octanol–water partition coefficient (Wildman–Crippen LogP) is 3.13. The van der Waals surface area contributed by atoms with Crippen molar-refractivity contribution in [1.29, 1.82) is 0 Å². The molecule has 2 heterocycles. The van der Waals surface area contributed by atoms with Crippen molar-refractivity contribution in [3.8, 4) is 0 Å². The number of hydrogen-bond donors (Lipinski definition) is 3. The topological polar surface area (TPSA) is 81.6 Å². The molecule has 1 amide bonds. The summed E-state index contributed by atoms with van der Waals surface area (Å²) in [5, 5.41) is 9.46. The second-order valence-corrected chi connectivity index (χ2v) is 6.96. The zero-order chi connectivity index (χ0) is 20.6. The van der Waals surface area contributed by atoms with Gasteiger partial charge in [-0.05, 0) is 43.2 Å². The molecule has 1 unspecified atom stereocenters. The van der Waals surface area contributed by atoms with Gasteiger partial charge in [0.2, 0.25) is 5.91 Å². The Kier molecular flexibility index (Phi) is 9.28. The Morgan fingerprint density at radius 1 is 1.33 bits per heavy atom. The van der Waals surface area contributed by atoms with Crippen molar-refractivity contribution in [3.63, 3.8) is 0 Å². The fourth-order valence-corrected chi connectivity index (χ4v) is 3.31. The summed E-state index contributed by atoms with van der Waals surface area (Å²) in [5.74, 6) is 0.711. The van der Waals surface area contributed by atoms with Gasteiger partial charge in [-0.25, -0.2) is 14.4 Å². The number of nitrogens with one attached hydrogen (secondary N) is 3. The fourth-order valence-electron chi connectivity index (χ4n) is 3.31. The zero-order valence-corrected chi connectivity index (χ0v) is 19.5. The number of carbonyl (C=O) groups is 1. The van der Waals surface area contributed by atoms with Gasteiger partial charge in [-0.3, -0.25) is 4.79 Å². The van der Waals surface area contributed by atoms with Crippen LogP contribution in [0.3, 0.4) is 0 Å². The van der Waals surface area contributed by atoms with Gasteiger partial charge in [0.15, 0.2) is 17.6 Å². The second-order valence-electron chi connectivity index (χ2n) is 6.96. The molecule has 1 aliphatic heterocycles. The maximum Gasteiger partial charge on any atom is 0.221 e. The van der Waals surface area contributed by atoms with E-state index in [2.05, 4.69) is 25.9 Å². The molecule has 7 nitrogen and oxygen atoms in total. The average Bonchev–Trinajstić information content (AvgIpc) is 3.15. The molecule has 0 spiro atoms. The normalized spacial score (nSPS) is 16.0. The minimum Gasteiger partial charge on any atom is -0.357 e. The van der Waals surface area contributed by atoms with E-state index in [0.29, 0.717) is 24.9 Å². The van der Waals surface area contributed by atoms with E-state index in [1.165, 1.54) is 13.0 Å². The highest BCUT2D eigenvalue weighted by Crippen LogP contribution is 2.20. The Morgan fingerprint density at radius 2 is 2.17 bits per heavy atom. The molecule has 0 radical (unpaired) electrons. The van der Waals surface area contributed by atoms with E-state index < -0.39 is 0 Å². The first-order chi connectivity index (χ1) is 14.0. The monoisotopic (exact) mass is 526 g/mol. The van der Waals surface area contributed by atoms with E-state index in [-0.39, 0.29) is 41.7 Å². The molecule has 162 valence electrons. The van der Waals surface area contributed by atoms with Crippen LogP contribution in [0.4, 0.5) is 15.9 Å². The first-order valence-electron chi connectivity index (χ1n) is 9.82. The summed E-state index contributed by atoms with van der Waals surface area (Å²) < 4.78 is 14.0. The SMILES string of the molecule is CCNC(=NCc1cccc(NC(C)=O)c1)NC1CCN(c2ncccc2F)C1.I. The summed E-state index contributed by atoms with van der Waals surface area (Å²) >= 11 is 0. The first kappa shape index (κ1) is 23.8. The van der Waals surface area contributed by atoms with Crippen molar-refractivity contribution in [2.75, 3.05) is 29.9 Å². The Hall–Kier alpha value is -2.43. The van der Waals surface area contributed by atoms with Crippen LogP contribution in [0, 0.1) is 5.82 Å². The number of aliphatic imine (C=N–C) groups is 1. The lowest BCUT2D eigenvalue weighted by Gasteiger charge is -2.20. The number of nitrogens with zero attached hydrogens (tertiary/aromatic N) is 3. The standard InChI is InChI=1S/C21H27FN6O.HI/c1-3-23-21(25-13-16-6-4-7-17(12-16)26-15(2)29)27-18-9-11-28(14-18)20-19(22)8-5-10-24-20;/h4-8,10,12,18H,3,9,11,13-14H2,1-2H3,(H,26,29)(H2,23,25,27);1H. The maximum atomic E-state index is 14.0. The number of benzene rings is 1. The van der Waals surface area contributed by atoms with Gasteiger partial charge >= 0.3 is 0 Å². The van der Waals surface area contributed by atoms with Crippen molar-refractivity contribution < 1.29 is 9.18 Å². The van der Waals surface area contributed by atoms with E-state index in [1.807, 2.05) is 36.1 Å². The van der Waals surface area contributed by atoms with Gasteiger partial charge in [-0.1, -0.05) is 12.1 Å². The van der Waals surface area contributed by atoms with Crippen molar-refractivity contribution in [1.82, 2.24) is 15.6 Å². The lowest BCUT2D eigenvalue weighted by Crippen LogP contribution is -2.44. The minimum atomic E-state index is -0.298. The molecular formula is C21H28FIN6O. The lowest BCUT2D eigenvalue weighted by atomic mass is 10.2. The van der Waals surface area contributed by atoms with Gasteiger partial charge < -0.3 is 20.9 Å². The van der Waals surface area contributed by atoms with Crippen LogP contribution in [-0.2, 0) is 11.3 Å². The van der Waals surface area contributed by atoms with Crippen molar-refractivity contribution in [3.05, 3.63) is 54.0 Å². The molecule has 1 aliphatic rings. The van der Waals surface area contributed by atoms with Crippen molar-refractivity contribution in [2.45, 2.75) is 32.9 Å². The van der Waals surface area contributed by atoms with E-state index in [4.69, 9.17) is 0 Å². The van der Waals surface area contributed by atoms with E-state index >= 15 is 0 Å². The maximum absolute atomic E-state index is 14.0. The average molecular weight is 526 g/mol. The van der Waals surface area contributed by atoms with Crippen molar-refractivity contribution >= 4 is 47.3 Å². The Bertz CT molecular complexity index is 878. The first-order valence-corrected chi connectivity index (χ1v) is 9.82. The molecular weight excluding hydrogens is 498 g/mol. The molecule has 1 aromatic heterocycles. The molecule has 3 N–H and O–H groups in total. The Balaban J connectivity index is 0.00000320. The number of rotatable bonds is 6. The van der Waals surface area contributed by atoms with Crippen LogP contribution in [0.5, 0.6) is 0 Å². The van der Waals surface area contributed by atoms with E-state index in [1.54, 1.807) is 12.3 Å². The second kappa shape index (κ2) is 11.7. The van der Waals surface area contributed by atoms with Crippen LogP contribution in [-0.4, -0.2) is 42.5 Å². The van der Waals surface area contributed by atoms with Crippen LogP contribution in [0.2, 0.25) is 0 Å². The summed E-state index contributed by atoms with van der Waals surface area (Å²) in [6.07, 6.45) is 2.48. The molecule has 9 heteroatoms. The minimum absolute atomic E-state index is 0. The van der Waals surface area contributed by atoms with Crippen LogP contribution < -0.4 is 20.9 Å². The third kappa shape index (κ3) is 6.82. The molecule has 30 heavy (non-hydrogen) atoms. The number of hydrogen-bond acceptors (Lipinski definition) is 4. The molecule has 0 saturated carbocycles. The highest BCUT2D eigenvalue weighted by molar-refractivity contribution is 14.0. The molecule has 0 aliphatic carbocycles. The van der Waals surface area contributed by atoms with E-state index in [0.717, 1.165) is 30.8 Å². The fraction of sp³-hybridized carbons (Fsp3) is 0.381. The van der Waals surface area contributed by atoms with Crippen LogP contribution >= 0.6 is 24.0 Å². The van der Waals surface area contributed by atoms with Gasteiger partial charge in [-0.15, -0.1) is 24.0 Å². The summed E-state index contributed by atoms with van der Waals surface area (Å²) in [4.78, 5) is 22.0. The van der Waals surface area contributed by atoms with Crippen molar-refractivity contribution in [2.24, 2.45) is 4.99 Å². The zero-order valence-electron chi connectivity index (χ0n) is 17.2. The quantitative estimate of drug-likeness (QED) is 0.306. The Morgan fingerprint density at radius 3 is 2.90 bits per heavy atom. The van der Waals surface area contributed by atoms with Gasteiger partial charge in [0.05, 0.1) is 6.54 Å². The highest BCUT2D eigenvalue weighted by atomic mass is 127. The molecule has 1 atom stereocenters. The molecule has 1 fully saturated rings. The summed E-state index contributed by atoms with van der Waals surface area (Å²) in [5.41, 5.74) is 1.75. The third-order valence-corrected chi connectivity index (χ3v) is 4.58. The smallest absolute Gasteiger partial charge is 0.221 e. The highest BCUT2D eigenvalue weighted by Gasteiger charge is 2.25. The molecule has 1 aromatic carbocycles. The van der Waals surface area contributed by atoms with Gasteiger partial charge in [0.25, 0.3) is 0 Å². The summed E-state index contributed by atoms with van der Waals surface area (Å²) in [7, 11) is 0. The van der Waals surface area contributed by atoms with Crippen LogP contribution in [0.1, 0.15) is 25.8 Å². The number of anilines is 2. The number of pyridine rings is 1. The van der Waals surface area contributed by atoms with Crippen LogP contribution in [0.25, 0.3) is 0 Å². The van der Waals surface area contributed by atoms with E-state index in [9.17, 15) is 9.18 Å². The Labute approximate surface area is 193 Å². The molecule has 3 rings (SSSR count). The summed E-state index contributed by atoms with van der Waals surface area (Å²) in [6.45, 7) is 6.12. The summed E-state index contributed by atoms with van der Waals surface area (Å²) in [6, 6.07) is 10.8. The molecule has 0 bridgehead atoms. The number of aromatic nitrogens is 1.